The fourth-order valence-electron chi connectivity index (χ4n) is 3.46. The maximum absolute atomic E-state index is 11.2. The van der Waals surface area contributed by atoms with Crippen LogP contribution in [0.2, 0.25) is 0 Å². The predicted octanol–water partition coefficient (Wildman–Crippen LogP) is 4.42. The van der Waals surface area contributed by atoms with Crippen LogP contribution in [0, 0.1) is 0 Å². The third kappa shape index (κ3) is 4.58. The van der Waals surface area contributed by atoms with Crippen LogP contribution in [0.1, 0.15) is 57.4 Å². The maximum atomic E-state index is 11.2. The van der Waals surface area contributed by atoms with Crippen molar-refractivity contribution in [1.29, 1.82) is 0 Å². The van der Waals surface area contributed by atoms with Crippen LogP contribution in [0.5, 0.6) is 0 Å². The van der Waals surface area contributed by atoms with Crippen molar-refractivity contribution in [2.45, 2.75) is 53.4 Å². The first-order chi connectivity index (χ1) is 13.9. The van der Waals surface area contributed by atoms with Crippen molar-refractivity contribution in [2.75, 3.05) is 18.4 Å². The van der Waals surface area contributed by atoms with Crippen molar-refractivity contribution in [3.63, 3.8) is 0 Å². The highest BCUT2D eigenvalue weighted by atomic mass is 16.1. The molecule has 0 aliphatic rings. The number of carbonyl (C=O) groups excluding carboxylic acids is 1. The molecule has 154 valence electrons. The molecule has 3 heterocycles. The number of amides is 1. The fourth-order valence-corrected chi connectivity index (χ4v) is 3.46. The summed E-state index contributed by atoms with van der Waals surface area (Å²) < 4.78 is 0. The second-order valence-corrected chi connectivity index (χ2v) is 7.61. The number of H-pyrrole nitrogens is 1. The summed E-state index contributed by atoms with van der Waals surface area (Å²) in [4.78, 5) is 24.4. The van der Waals surface area contributed by atoms with E-state index in [1.807, 2.05) is 6.20 Å². The van der Waals surface area contributed by atoms with Gasteiger partial charge in [0.25, 0.3) is 0 Å². The highest BCUT2D eigenvalue weighted by Gasteiger charge is 2.16. The number of hydrogen-bond acceptors (Lipinski definition) is 4. The molecule has 0 aliphatic heterocycles. The number of nitrogens with zero attached hydrogens (tertiary/aromatic N) is 2. The summed E-state index contributed by atoms with van der Waals surface area (Å²) >= 11 is 0. The zero-order valence-electron chi connectivity index (χ0n) is 18.0. The molecule has 0 saturated heterocycles. The van der Waals surface area contributed by atoms with Gasteiger partial charge in [0, 0.05) is 37.5 Å². The largest absolute Gasteiger partial charge is 0.368 e. The molecule has 0 atom stereocenters. The molecule has 0 aromatic carbocycles. The number of aryl methyl sites for hydroxylation is 2. The molecule has 3 rings (SSSR count). The number of anilines is 1. The SMILES string of the molecule is CCc1cc2[nH]cc(CC)c2nc1-c1ccc(C(C)C)nc1NCCNC(C)=O. The number of hydrogen-bond donors (Lipinski definition) is 3. The summed E-state index contributed by atoms with van der Waals surface area (Å²) in [5.41, 5.74) is 7.51. The number of pyridine rings is 2. The quantitative estimate of drug-likeness (QED) is 0.495. The van der Waals surface area contributed by atoms with Gasteiger partial charge in [-0.25, -0.2) is 9.97 Å². The van der Waals surface area contributed by atoms with Crippen LogP contribution in [0.25, 0.3) is 22.3 Å². The molecule has 0 radical (unpaired) electrons. The van der Waals surface area contributed by atoms with Gasteiger partial charge in [-0.3, -0.25) is 4.79 Å². The average Bonchev–Trinajstić information content (AvgIpc) is 3.11. The first-order valence-electron chi connectivity index (χ1n) is 10.4. The van der Waals surface area contributed by atoms with Gasteiger partial charge in [0.2, 0.25) is 5.91 Å². The molecule has 0 aliphatic carbocycles. The Morgan fingerprint density at radius 1 is 1.10 bits per heavy atom. The van der Waals surface area contributed by atoms with Gasteiger partial charge in [-0.05, 0) is 48.1 Å². The Hall–Kier alpha value is -2.89. The Labute approximate surface area is 172 Å². The van der Waals surface area contributed by atoms with Crippen LogP contribution >= 0.6 is 0 Å². The van der Waals surface area contributed by atoms with Crippen LogP contribution in [0.3, 0.4) is 0 Å². The molecule has 0 bridgehead atoms. The highest BCUT2D eigenvalue weighted by Crippen LogP contribution is 2.32. The number of aromatic amines is 1. The molecule has 0 fully saturated rings. The summed E-state index contributed by atoms with van der Waals surface area (Å²) in [7, 11) is 0. The van der Waals surface area contributed by atoms with Crippen LogP contribution < -0.4 is 10.6 Å². The molecule has 1 amide bonds. The zero-order valence-corrected chi connectivity index (χ0v) is 18.0. The lowest BCUT2D eigenvalue weighted by atomic mass is 10.0. The minimum absolute atomic E-state index is 0.0316. The summed E-state index contributed by atoms with van der Waals surface area (Å²) in [6.45, 7) is 11.2. The summed E-state index contributed by atoms with van der Waals surface area (Å²) in [5, 5.41) is 6.23. The van der Waals surface area contributed by atoms with Crippen molar-refractivity contribution in [1.82, 2.24) is 20.3 Å². The van der Waals surface area contributed by atoms with E-state index in [0.29, 0.717) is 19.0 Å². The Balaban J connectivity index is 2.07. The number of nitrogens with one attached hydrogen (secondary N) is 3. The zero-order chi connectivity index (χ0) is 21.0. The molecular weight excluding hydrogens is 362 g/mol. The van der Waals surface area contributed by atoms with Crippen molar-refractivity contribution < 1.29 is 4.79 Å². The van der Waals surface area contributed by atoms with E-state index in [1.165, 1.54) is 18.1 Å². The molecule has 29 heavy (non-hydrogen) atoms. The van der Waals surface area contributed by atoms with E-state index in [9.17, 15) is 4.79 Å². The molecule has 0 saturated carbocycles. The van der Waals surface area contributed by atoms with E-state index in [-0.39, 0.29) is 5.91 Å². The molecule has 6 heteroatoms. The van der Waals surface area contributed by atoms with Gasteiger partial charge in [-0.1, -0.05) is 27.7 Å². The minimum Gasteiger partial charge on any atom is -0.368 e. The first-order valence-corrected chi connectivity index (χ1v) is 10.4. The number of carbonyl (C=O) groups is 1. The molecular formula is C23H31N5O. The Bertz CT molecular complexity index is 1010. The van der Waals surface area contributed by atoms with E-state index in [2.05, 4.69) is 61.5 Å². The fraction of sp³-hybridized carbons (Fsp3) is 0.435. The normalized spacial score (nSPS) is 11.2. The molecule has 3 aromatic rings. The van der Waals surface area contributed by atoms with Gasteiger partial charge in [-0.2, -0.15) is 0 Å². The standard InChI is InChI=1S/C23H31N5O/c1-6-16-12-20-22(17(7-2)13-26-20)28-21(16)18-8-9-19(14(3)4)27-23(18)25-11-10-24-15(5)29/h8-9,12-14,26H,6-7,10-11H2,1-5H3,(H,24,29)(H,25,27). The molecule has 0 spiro atoms. The molecule has 3 aromatic heterocycles. The smallest absolute Gasteiger partial charge is 0.216 e. The second kappa shape index (κ2) is 9.07. The van der Waals surface area contributed by atoms with Crippen molar-refractivity contribution >= 4 is 22.8 Å². The molecule has 0 unspecified atom stereocenters. The first kappa shape index (κ1) is 20.8. The van der Waals surface area contributed by atoms with E-state index >= 15 is 0 Å². The second-order valence-electron chi connectivity index (χ2n) is 7.61. The van der Waals surface area contributed by atoms with Crippen LogP contribution in [0.15, 0.2) is 24.4 Å². The van der Waals surface area contributed by atoms with Crippen LogP contribution in [-0.4, -0.2) is 33.9 Å². The third-order valence-electron chi connectivity index (χ3n) is 5.12. The Morgan fingerprint density at radius 2 is 1.86 bits per heavy atom. The lowest BCUT2D eigenvalue weighted by Gasteiger charge is -2.16. The van der Waals surface area contributed by atoms with Crippen LogP contribution in [0.4, 0.5) is 5.82 Å². The van der Waals surface area contributed by atoms with Gasteiger partial charge < -0.3 is 15.6 Å². The highest BCUT2D eigenvalue weighted by molar-refractivity contribution is 5.86. The van der Waals surface area contributed by atoms with Gasteiger partial charge >= 0.3 is 0 Å². The van der Waals surface area contributed by atoms with Crippen molar-refractivity contribution in [3.05, 3.63) is 41.2 Å². The minimum atomic E-state index is -0.0316. The summed E-state index contributed by atoms with van der Waals surface area (Å²) in [6, 6.07) is 6.41. The van der Waals surface area contributed by atoms with Crippen molar-refractivity contribution in [3.8, 4) is 11.3 Å². The van der Waals surface area contributed by atoms with E-state index < -0.39 is 0 Å². The predicted molar refractivity (Wildman–Crippen MR) is 119 cm³/mol. The Morgan fingerprint density at radius 3 is 2.52 bits per heavy atom. The Kier molecular flexibility index (Phi) is 6.52. The monoisotopic (exact) mass is 393 g/mol. The maximum Gasteiger partial charge on any atom is 0.216 e. The summed E-state index contributed by atoms with van der Waals surface area (Å²) in [6.07, 6.45) is 3.87. The van der Waals surface area contributed by atoms with Gasteiger partial charge in [-0.15, -0.1) is 0 Å². The molecule has 3 N–H and O–H groups in total. The average molecular weight is 394 g/mol. The lowest BCUT2D eigenvalue weighted by Crippen LogP contribution is -2.26. The van der Waals surface area contributed by atoms with Gasteiger partial charge in [0.05, 0.1) is 16.7 Å². The van der Waals surface area contributed by atoms with Crippen molar-refractivity contribution in [2.24, 2.45) is 0 Å². The molecule has 6 nitrogen and oxygen atoms in total. The number of aromatic nitrogens is 3. The van der Waals surface area contributed by atoms with Gasteiger partial charge in [0.15, 0.2) is 0 Å². The van der Waals surface area contributed by atoms with Gasteiger partial charge in [0.1, 0.15) is 5.82 Å². The number of rotatable bonds is 8. The van der Waals surface area contributed by atoms with Crippen LogP contribution in [-0.2, 0) is 17.6 Å². The number of fused-ring (bicyclic) bond motifs is 1. The topological polar surface area (TPSA) is 82.7 Å². The van der Waals surface area contributed by atoms with E-state index in [0.717, 1.165) is 46.6 Å². The van der Waals surface area contributed by atoms with E-state index in [4.69, 9.17) is 9.97 Å². The lowest BCUT2D eigenvalue weighted by molar-refractivity contribution is -0.118. The summed E-state index contributed by atoms with van der Waals surface area (Å²) in [5.74, 6) is 1.12. The van der Waals surface area contributed by atoms with E-state index in [1.54, 1.807) is 0 Å². The third-order valence-corrected chi connectivity index (χ3v) is 5.12.